The highest BCUT2D eigenvalue weighted by molar-refractivity contribution is 5.94. The second-order valence-corrected chi connectivity index (χ2v) is 4.33. The smallest absolute Gasteiger partial charge is 0.329 e. The van der Waals surface area contributed by atoms with Gasteiger partial charge in [0.2, 0.25) is 0 Å². The third kappa shape index (κ3) is 3.90. The average molecular weight is 284 g/mol. The van der Waals surface area contributed by atoms with Crippen molar-refractivity contribution in [2.75, 3.05) is 7.11 Å². The van der Waals surface area contributed by atoms with Gasteiger partial charge in [0.05, 0.1) is 7.11 Å². The van der Waals surface area contributed by atoms with Gasteiger partial charge in [-0.3, -0.25) is 10.2 Å². The number of carbonyl (C=O) groups excluding carboxylic acids is 2. The minimum atomic E-state index is -0.760. The quantitative estimate of drug-likeness (QED) is 0.649. The molecule has 0 heterocycles. The summed E-state index contributed by atoms with van der Waals surface area (Å²) in [5.74, 6) is -0.796. The normalized spacial score (nSPS) is 11.5. The Morgan fingerprint density at radius 2 is 1.52 bits per heavy atom. The SMILES string of the molecule is COC(=O)C(NNC(=O)c1ccccc1)c1ccccc1. The number of hydrogen-bond donors (Lipinski definition) is 2. The van der Waals surface area contributed by atoms with Gasteiger partial charge in [-0.15, -0.1) is 0 Å². The molecule has 1 amide bonds. The van der Waals surface area contributed by atoms with Crippen molar-refractivity contribution < 1.29 is 14.3 Å². The molecular weight excluding hydrogens is 268 g/mol. The van der Waals surface area contributed by atoms with Gasteiger partial charge in [-0.05, 0) is 17.7 Å². The lowest BCUT2D eigenvalue weighted by atomic mass is 10.1. The number of rotatable bonds is 5. The van der Waals surface area contributed by atoms with Crippen LogP contribution in [0.1, 0.15) is 22.0 Å². The second-order valence-electron chi connectivity index (χ2n) is 4.33. The molecule has 0 spiro atoms. The number of ether oxygens (including phenoxy) is 1. The van der Waals surface area contributed by atoms with E-state index in [-0.39, 0.29) is 5.91 Å². The van der Waals surface area contributed by atoms with Crippen molar-refractivity contribution in [3.05, 3.63) is 71.8 Å². The van der Waals surface area contributed by atoms with Gasteiger partial charge in [-0.2, -0.15) is 0 Å². The van der Waals surface area contributed by atoms with Gasteiger partial charge in [0.1, 0.15) is 6.04 Å². The van der Waals surface area contributed by atoms with Gasteiger partial charge in [0.25, 0.3) is 5.91 Å². The van der Waals surface area contributed by atoms with E-state index in [9.17, 15) is 9.59 Å². The lowest BCUT2D eigenvalue weighted by Gasteiger charge is -2.17. The summed E-state index contributed by atoms with van der Waals surface area (Å²) >= 11 is 0. The number of carbonyl (C=O) groups is 2. The molecule has 0 aliphatic carbocycles. The van der Waals surface area contributed by atoms with Crippen LogP contribution in [0.2, 0.25) is 0 Å². The summed E-state index contributed by atoms with van der Waals surface area (Å²) in [7, 11) is 1.30. The first kappa shape index (κ1) is 14.7. The lowest BCUT2D eigenvalue weighted by Crippen LogP contribution is -2.43. The average Bonchev–Trinajstić information content (AvgIpc) is 2.56. The highest BCUT2D eigenvalue weighted by Crippen LogP contribution is 2.13. The molecule has 1 atom stereocenters. The van der Waals surface area contributed by atoms with Crippen molar-refractivity contribution in [2.45, 2.75) is 6.04 Å². The third-order valence-electron chi connectivity index (χ3n) is 2.94. The minimum Gasteiger partial charge on any atom is -0.468 e. The van der Waals surface area contributed by atoms with Gasteiger partial charge in [0.15, 0.2) is 0 Å². The molecule has 2 aromatic carbocycles. The number of hydrazine groups is 1. The fourth-order valence-electron chi connectivity index (χ4n) is 1.84. The number of esters is 1. The Balaban J connectivity index is 2.07. The van der Waals surface area contributed by atoms with Crippen LogP contribution in [0.3, 0.4) is 0 Å². The molecule has 2 rings (SSSR count). The molecule has 0 radical (unpaired) electrons. The van der Waals surface area contributed by atoms with E-state index in [1.807, 2.05) is 24.3 Å². The van der Waals surface area contributed by atoms with Crippen LogP contribution >= 0.6 is 0 Å². The topological polar surface area (TPSA) is 67.4 Å². The molecule has 5 nitrogen and oxygen atoms in total. The van der Waals surface area contributed by atoms with E-state index in [2.05, 4.69) is 10.9 Å². The van der Waals surface area contributed by atoms with Crippen LogP contribution in [0.15, 0.2) is 60.7 Å². The first-order valence-electron chi connectivity index (χ1n) is 6.46. The van der Waals surface area contributed by atoms with E-state index >= 15 is 0 Å². The molecule has 0 saturated heterocycles. The standard InChI is InChI=1S/C16H16N2O3/c1-21-16(20)14(12-8-4-2-5-9-12)17-18-15(19)13-10-6-3-7-11-13/h2-11,14,17H,1H3,(H,18,19). The zero-order valence-electron chi connectivity index (χ0n) is 11.6. The van der Waals surface area contributed by atoms with E-state index in [1.165, 1.54) is 7.11 Å². The summed E-state index contributed by atoms with van der Waals surface area (Å²) in [6.45, 7) is 0. The highest BCUT2D eigenvalue weighted by atomic mass is 16.5. The van der Waals surface area contributed by atoms with Crippen molar-refractivity contribution in [3.8, 4) is 0 Å². The summed E-state index contributed by atoms with van der Waals surface area (Å²) in [6, 6.07) is 17.0. The van der Waals surface area contributed by atoms with Crippen LogP contribution in [-0.4, -0.2) is 19.0 Å². The maximum Gasteiger partial charge on any atom is 0.329 e. The first-order valence-corrected chi connectivity index (χ1v) is 6.46. The molecule has 2 aromatic rings. The summed E-state index contributed by atoms with van der Waals surface area (Å²) < 4.78 is 4.75. The Bertz CT molecular complexity index is 599. The lowest BCUT2D eigenvalue weighted by molar-refractivity contribution is -0.143. The van der Waals surface area contributed by atoms with Crippen LogP contribution < -0.4 is 10.9 Å². The van der Waals surface area contributed by atoms with E-state index in [4.69, 9.17) is 4.74 Å². The fraction of sp³-hybridized carbons (Fsp3) is 0.125. The highest BCUT2D eigenvalue weighted by Gasteiger charge is 2.21. The predicted octanol–water partition coefficient (Wildman–Crippen LogP) is 1.84. The monoisotopic (exact) mass is 284 g/mol. The summed E-state index contributed by atoms with van der Waals surface area (Å²) in [6.07, 6.45) is 0. The Morgan fingerprint density at radius 3 is 2.10 bits per heavy atom. The Hall–Kier alpha value is -2.66. The molecule has 0 aliphatic rings. The number of amides is 1. The number of methoxy groups -OCH3 is 1. The molecular formula is C16H16N2O3. The molecule has 0 saturated carbocycles. The molecule has 0 aromatic heterocycles. The van der Waals surface area contributed by atoms with Crippen molar-refractivity contribution in [2.24, 2.45) is 0 Å². The van der Waals surface area contributed by atoms with Crippen LogP contribution in [0.4, 0.5) is 0 Å². The number of nitrogens with one attached hydrogen (secondary N) is 2. The summed E-state index contributed by atoms with van der Waals surface area (Å²) in [5, 5.41) is 0. The molecule has 0 fully saturated rings. The Kier molecular flexibility index (Phi) is 5.06. The Labute approximate surface area is 122 Å². The van der Waals surface area contributed by atoms with Gasteiger partial charge >= 0.3 is 5.97 Å². The molecule has 21 heavy (non-hydrogen) atoms. The number of hydrogen-bond acceptors (Lipinski definition) is 4. The van der Waals surface area contributed by atoms with Gasteiger partial charge < -0.3 is 4.74 Å². The van der Waals surface area contributed by atoms with Crippen LogP contribution in [0.25, 0.3) is 0 Å². The Morgan fingerprint density at radius 1 is 0.952 bits per heavy atom. The largest absolute Gasteiger partial charge is 0.468 e. The first-order chi connectivity index (χ1) is 10.2. The molecule has 2 N–H and O–H groups in total. The van der Waals surface area contributed by atoms with E-state index in [0.717, 1.165) is 0 Å². The molecule has 108 valence electrons. The summed E-state index contributed by atoms with van der Waals surface area (Å²) in [4.78, 5) is 23.8. The fourth-order valence-corrected chi connectivity index (χ4v) is 1.84. The van der Waals surface area contributed by atoms with Gasteiger partial charge in [0, 0.05) is 5.56 Å². The van der Waals surface area contributed by atoms with E-state index in [0.29, 0.717) is 11.1 Å². The maximum absolute atomic E-state index is 12.0. The van der Waals surface area contributed by atoms with Crippen LogP contribution in [0, 0.1) is 0 Å². The van der Waals surface area contributed by atoms with Gasteiger partial charge in [-0.1, -0.05) is 48.5 Å². The van der Waals surface area contributed by atoms with E-state index < -0.39 is 12.0 Å². The second kappa shape index (κ2) is 7.21. The van der Waals surface area contributed by atoms with Crippen molar-refractivity contribution in [1.82, 2.24) is 10.9 Å². The molecule has 5 heteroatoms. The minimum absolute atomic E-state index is 0.319. The van der Waals surface area contributed by atoms with Crippen LogP contribution in [0.5, 0.6) is 0 Å². The third-order valence-corrected chi connectivity index (χ3v) is 2.94. The van der Waals surface area contributed by atoms with Crippen molar-refractivity contribution in [3.63, 3.8) is 0 Å². The van der Waals surface area contributed by atoms with Crippen LogP contribution in [-0.2, 0) is 9.53 Å². The van der Waals surface area contributed by atoms with Crippen molar-refractivity contribution in [1.29, 1.82) is 0 Å². The van der Waals surface area contributed by atoms with Gasteiger partial charge in [-0.25, -0.2) is 10.2 Å². The summed E-state index contributed by atoms with van der Waals surface area (Å²) in [5.41, 5.74) is 6.44. The molecule has 0 bridgehead atoms. The molecule has 0 aliphatic heterocycles. The zero-order chi connectivity index (χ0) is 15.1. The van der Waals surface area contributed by atoms with E-state index in [1.54, 1.807) is 36.4 Å². The van der Waals surface area contributed by atoms with Crippen molar-refractivity contribution >= 4 is 11.9 Å². The predicted molar refractivity (Wildman–Crippen MR) is 78.2 cm³/mol. The maximum atomic E-state index is 12.0. The molecule has 1 unspecified atom stereocenters. The number of benzene rings is 2. The zero-order valence-corrected chi connectivity index (χ0v) is 11.6.